The molecule has 2 aromatic heterocycles. The summed E-state index contributed by atoms with van der Waals surface area (Å²) >= 11 is 0. The average molecular weight is 462 g/mol. The van der Waals surface area contributed by atoms with Crippen molar-refractivity contribution in [3.8, 4) is 5.75 Å². The predicted molar refractivity (Wildman–Crippen MR) is 131 cm³/mol. The molecule has 1 aliphatic rings. The molecule has 0 fully saturated rings. The van der Waals surface area contributed by atoms with Crippen LogP contribution in [0.3, 0.4) is 0 Å². The molecule has 8 nitrogen and oxygen atoms in total. The number of aromatic nitrogens is 3. The first-order chi connectivity index (χ1) is 16.4. The molecule has 0 aliphatic carbocycles. The van der Waals surface area contributed by atoms with E-state index in [4.69, 9.17) is 25.4 Å². The molecule has 34 heavy (non-hydrogen) atoms. The van der Waals surface area contributed by atoms with Gasteiger partial charge in [-0.15, -0.1) is 0 Å². The number of carbonyl (C=O) groups excluding carboxylic acids is 1. The number of aliphatic imine (C=N–C) groups is 1. The number of ether oxygens (including phenoxy) is 1. The summed E-state index contributed by atoms with van der Waals surface area (Å²) in [6.45, 7) is 3.99. The number of carboxylic acid groups (broad SMARTS) is 1. The van der Waals surface area contributed by atoms with E-state index in [2.05, 4.69) is 47.1 Å². The largest absolute Gasteiger partial charge is 0.550 e. The molecule has 2 N–H and O–H groups in total. The Morgan fingerprint density at radius 1 is 1.26 bits per heavy atom. The molecule has 3 aromatic rings. The van der Waals surface area contributed by atoms with Crippen molar-refractivity contribution in [2.45, 2.75) is 46.1 Å². The van der Waals surface area contributed by atoms with Gasteiger partial charge in [-0.1, -0.05) is 25.8 Å². The van der Waals surface area contributed by atoms with Crippen molar-refractivity contribution in [2.24, 2.45) is 4.99 Å². The van der Waals surface area contributed by atoms with Crippen LogP contribution < -0.4 is 20.1 Å². The van der Waals surface area contributed by atoms with Crippen LogP contribution in [0.25, 0.3) is 5.70 Å². The molecule has 0 amide bonds. The molecule has 0 spiro atoms. The van der Waals surface area contributed by atoms with Crippen molar-refractivity contribution in [1.82, 2.24) is 9.78 Å². The van der Waals surface area contributed by atoms with Crippen molar-refractivity contribution in [2.75, 3.05) is 12.8 Å². The van der Waals surface area contributed by atoms with Crippen molar-refractivity contribution < 1.29 is 19.2 Å². The van der Waals surface area contributed by atoms with Crippen LogP contribution in [0.4, 0.5) is 11.5 Å². The summed E-state index contributed by atoms with van der Waals surface area (Å²) in [5, 5.41) is 13.3. The number of benzene rings is 1. The molecule has 1 aromatic carbocycles. The lowest BCUT2D eigenvalue weighted by molar-refractivity contribution is -0.582. The predicted octanol–water partition coefficient (Wildman–Crippen LogP) is 2.93. The number of aryl methyl sites for hydroxylation is 1. The van der Waals surface area contributed by atoms with Gasteiger partial charge in [-0.25, -0.2) is 4.68 Å². The fourth-order valence-corrected chi connectivity index (χ4v) is 3.78. The van der Waals surface area contributed by atoms with Gasteiger partial charge in [0, 0.05) is 36.4 Å². The Morgan fingerprint density at radius 3 is 2.68 bits per heavy atom. The van der Waals surface area contributed by atoms with Gasteiger partial charge in [0.05, 0.1) is 25.3 Å². The minimum absolute atomic E-state index is 0.622. The maximum Gasteiger partial charge on any atom is 0.223 e. The second-order valence-electron chi connectivity index (χ2n) is 7.94. The summed E-state index contributed by atoms with van der Waals surface area (Å²) in [4.78, 5) is 13.6. The fraction of sp³-hybridized carbons (Fsp3) is 0.308. The Labute approximate surface area is 200 Å². The number of pyridine rings is 1. The van der Waals surface area contributed by atoms with Crippen LogP contribution in [0, 0.1) is 0 Å². The van der Waals surface area contributed by atoms with Crippen LogP contribution in [-0.2, 0) is 17.8 Å². The molecule has 0 radical (unpaired) electrons. The molecule has 0 atom stereocenters. The second-order valence-corrected chi connectivity index (χ2v) is 7.94. The lowest BCUT2D eigenvalue weighted by Crippen LogP contribution is -2.33. The molecule has 0 saturated carbocycles. The Morgan fingerprint density at radius 2 is 2.00 bits per heavy atom. The summed E-state index contributed by atoms with van der Waals surface area (Å²) in [6.07, 6.45) is 10.0. The number of methoxy groups -OCH3 is 1. The molecule has 1 aliphatic heterocycles. The zero-order chi connectivity index (χ0) is 24.5. The minimum atomic E-state index is -1.08. The first-order valence-corrected chi connectivity index (χ1v) is 11.3. The molecule has 8 heteroatoms. The lowest BCUT2D eigenvalue weighted by atomic mass is 10.1. The van der Waals surface area contributed by atoms with Gasteiger partial charge in [0.2, 0.25) is 5.70 Å². The van der Waals surface area contributed by atoms with Gasteiger partial charge in [0.15, 0.2) is 11.9 Å². The van der Waals surface area contributed by atoms with E-state index in [1.807, 2.05) is 29.1 Å². The van der Waals surface area contributed by atoms with Crippen molar-refractivity contribution in [1.29, 1.82) is 0 Å². The number of rotatable bonds is 8. The number of carbonyl (C=O) groups is 1. The standard InChI is InChI=1S/C24H28N5O.C2H4O2/c1-3-4-6-14-29-24(25)22(17-27-29)26-16-19-15-20-8-5-7-13-28(20)23(19)18-9-11-21(30-2)12-10-18;1-2(3)4/h5,7-13,16-17H,3-4,6,14-15,25H2,1-2H3;1H3,(H,3,4)/q+1;/p-1/b26-16+;. The maximum absolute atomic E-state index is 8.89. The number of nitrogens with zero attached hydrogens (tertiary/aromatic N) is 4. The summed E-state index contributed by atoms with van der Waals surface area (Å²) in [7, 11) is 1.68. The molecule has 0 saturated heterocycles. The summed E-state index contributed by atoms with van der Waals surface area (Å²) in [5.41, 5.74) is 11.6. The topological polar surface area (TPSA) is 109 Å². The van der Waals surface area contributed by atoms with Gasteiger partial charge >= 0.3 is 0 Å². The van der Waals surface area contributed by atoms with E-state index in [1.165, 1.54) is 18.5 Å². The highest BCUT2D eigenvalue weighted by molar-refractivity contribution is 5.92. The van der Waals surface area contributed by atoms with Gasteiger partial charge in [0.1, 0.15) is 17.3 Å². The number of nitrogen functional groups attached to an aromatic ring is 1. The Hall–Kier alpha value is -3.94. The molecule has 4 rings (SSSR count). The van der Waals surface area contributed by atoms with Crippen LogP contribution in [0.15, 0.2) is 65.4 Å². The van der Waals surface area contributed by atoms with E-state index < -0.39 is 5.97 Å². The van der Waals surface area contributed by atoms with Gasteiger partial charge in [-0.05, 0) is 37.6 Å². The summed E-state index contributed by atoms with van der Waals surface area (Å²) < 4.78 is 9.38. The second kappa shape index (κ2) is 11.8. The van der Waals surface area contributed by atoms with E-state index >= 15 is 0 Å². The van der Waals surface area contributed by atoms with E-state index in [1.54, 1.807) is 13.3 Å². The average Bonchev–Trinajstić information content (AvgIpc) is 3.37. The number of hydrogen-bond acceptors (Lipinski definition) is 6. The molecule has 3 heterocycles. The van der Waals surface area contributed by atoms with Crippen molar-refractivity contribution in [3.63, 3.8) is 0 Å². The molecule has 0 unspecified atom stereocenters. The van der Waals surface area contributed by atoms with Gasteiger partial charge in [-0.2, -0.15) is 9.67 Å². The highest BCUT2D eigenvalue weighted by atomic mass is 16.5. The quantitative estimate of drug-likeness (QED) is 0.315. The monoisotopic (exact) mass is 461 g/mol. The number of nitrogens with two attached hydrogens (primary N) is 1. The fourth-order valence-electron chi connectivity index (χ4n) is 3.78. The summed E-state index contributed by atoms with van der Waals surface area (Å²) in [5.74, 6) is 0.381. The Kier molecular flexibility index (Phi) is 8.56. The third-order valence-electron chi connectivity index (χ3n) is 5.42. The molecular weight excluding hydrogens is 430 g/mol. The van der Waals surface area contributed by atoms with Crippen LogP contribution in [-0.4, -0.2) is 29.1 Å². The highest BCUT2D eigenvalue weighted by Gasteiger charge is 2.30. The van der Waals surface area contributed by atoms with Gasteiger partial charge in [0.25, 0.3) is 0 Å². The van der Waals surface area contributed by atoms with E-state index in [0.29, 0.717) is 11.5 Å². The number of carboxylic acids is 1. The number of aliphatic carboxylic acids is 1. The minimum Gasteiger partial charge on any atom is -0.550 e. The van der Waals surface area contributed by atoms with E-state index in [0.717, 1.165) is 48.9 Å². The van der Waals surface area contributed by atoms with Gasteiger partial charge in [-0.3, -0.25) is 4.99 Å². The highest BCUT2D eigenvalue weighted by Crippen LogP contribution is 2.27. The SMILES string of the molecule is CC(=O)[O-].CCCCCn1ncc(/N=C/C2=C(c3ccc(OC)cc3)[n+]3ccccc3C2)c1N. The number of unbranched alkanes of at least 4 members (excludes halogenated alkanes) is 2. The van der Waals surface area contributed by atoms with Crippen LogP contribution in [0.2, 0.25) is 0 Å². The normalized spacial score (nSPS) is 12.4. The Bertz CT molecular complexity index is 1180. The van der Waals surface area contributed by atoms with Gasteiger partial charge < -0.3 is 20.4 Å². The maximum atomic E-state index is 8.89. The number of anilines is 1. The first-order valence-electron chi connectivity index (χ1n) is 11.3. The first kappa shape index (κ1) is 24.7. The molecule has 178 valence electrons. The number of hydrogen-bond donors (Lipinski definition) is 1. The van der Waals surface area contributed by atoms with Crippen LogP contribution >= 0.6 is 0 Å². The van der Waals surface area contributed by atoms with E-state index in [9.17, 15) is 0 Å². The zero-order valence-corrected chi connectivity index (χ0v) is 19.9. The third kappa shape index (κ3) is 6.10. The zero-order valence-electron chi connectivity index (χ0n) is 19.9. The summed E-state index contributed by atoms with van der Waals surface area (Å²) in [6, 6.07) is 14.4. The number of allylic oxidation sites excluding steroid dienone is 1. The van der Waals surface area contributed by atoms with Crippen LogP contribution in [0.1, 0.15) is 44.4 Å². The van der Waals surface area contributed by atoms with E-state index in [-0.39, 0.29) is 0 Å². The lowest BCUT2D eigenvalue weighted by Gasteiger charge is -2.04. The Balaban J connectivity index is 0.000000751. The van der Waals surface area contributed by atoms with Crippen LogP contribution in [0.5, 0.6) is 5.75 Å². The smallest absolute Gasteiger partial charge is 0.223 e. The molecule has 0 bridgehead atoms. The number of fused-ring (bicyclic) bond motifs is 1. The van der Waals surface area contributed by atoms with Crippen molar-refractivity contribution >= 4 is 29.4 Å². The van der Waals surface area contributed by atoms with Crippen molar-refractivity contribution in [3.05, 3.63) is 71.7 Å². The molecular formula is C26H31N5O3. The third-order valence-corrected chi connectivity index (χ3v) is 5.42.